The Balaban J connectivity index is 2.24. The third kappa shape index (κ3) is 3.49. The lowest BCUT2D eigenvalue weighted by molar-refractivity contribution is 0.404. The number of hydrogen-bond acceptors (Lipinski definition) is 5. The van der Waals surface area contributed by atoms with Crippen molar-refractivity contribution in [2.75, 3.05) is 19.5 Å². The maximum atomic E-state index is 9.80. The largest absolute Gasteiger partial charge is 0.506 e. The van der Waals surface area contributed by atoms with Gasteiger partial charge in [0.15, 0.2) is 0 Å². The third-order valence-corrected chi connectivity index (χ3v) is 3.30. The lowest BCUT2D eigenvalue weighted by Gasteiger charge is -2.14. The van der Waals surface area contributed by atoms with Gasteiger partial charge in [0.2, 0.25) is 0 Å². The van der Waals surface area contributed by atoms with Gasteiger partial charge in [-0.25, -0.2) is 0 Å². The molecule has 0 aliphatic carbocycles. The molecule has 2 N–H and O–H groups in total. The van der Waals surface area contributed by atoms with E-state index in [-0.39, 0.29) is 5.75 Å². The molecule has 2 rings (SSSR count). The van der Waals surface area contributed by atoms with Crippen LogP contribution in [0.1, 0.15) is 11.4 Å². The zero-order valence-corrected chi connectivity index (χ0v) is 12.9. The SMILES string of the molecule is COc1cc(NCc2nc(C)ccc2O)c(OC)cc1Cl. The topological polar surface area (TPSA) is 63.6 Å². The lowest BCUT2D eigenvalue weighted by atomic mass is 10.2. The van der Waals surface area contributed by atoms with E-state index in [4.69, 9.17) is 21.1 Å². The van der Waals surface area contributed by atoms with Gasteiger partial charge in [0.1, 0.15) is 22.9 Å². The molecule has 0 saturated carbocycles. The number of aromatic nitrogens is 1. The zero-order chi connectivity index (χ0) is 15.4. The molecule has 112 valence electrons. The number of nitrogens with zero attached hydrogens (tertiary/aromatic N) is 1. The normalized spacial score (nSPS) is 10.3. The number of benzene rings is 1. The van der Waals surface area contributed by atoms with Gasteiger partial charge in [0.05, 0.1) is 31.5 Å². The Bertz CT molecular complexity index is 647. The Morgan fingerprint density at radius 2 is 1.90 bits per heavy atom. The molecule has 2 aromatic rings. The van der Waals surface area contributed by atoms with E-state index < -0.39 is 0 Å². The number of halogens is 1. The van der Waals surface area contributed by atoms with E-state index in [0.717, 1.165) is 5.69 Å². The van der Waals surface area contributed by atoms with Crippen molar-refractivity contribution in [3.05, 3.63) is 40.7 Å². The number of aryl methyl sites for hydroxylation is 1. The van der Waals surface area contributed by atoms with Gasteiger partial charge in [-0.15, -0.1) is 0 Å². The fraction of sp³-hybridized carbons (Fsp3) is 0.267. The first-order chi connectivity index (χ1) is 10.0. The van der Waals surface area contributed by atoms with Crippen molar-refractivity contribution in [2.24, 2.45) is 0 Å². The number of pyridine rings is 1. The summed E-state index contributed by atoms with van der Waals surface area (Å²) in [5, 5.41) is 13.4. The predicted octanol–water partition coefficient (Wildman–Crippen LogP) is 3.38. The third-order valence-electron chi connectivity index (χ3n) is 3.01. The first kappa shape index (κ1) is 15.3. The molecular formula is C15H17ClN2O3. The minimum absolute atomic E-state index is 0.146. The van der Waals surface area contributed by atoms with Crippen molar-refractivity contribution in [3.8, 4) is 17.2 Å². The molecule has 21 heavy (non-hydrogen) atoms. The fourth-order valence-corrected chi connectivity index (χ4v) is 2.14. The minimum atomic E-state index is 0.146. The Morgan fingerprint density at radius 3 is 2.57 bits per heavy atom. The van der Waals surface area contributed by atoms with Gasteiger partial charge in [-0.2, -0.15) is 0 Å². The molecule has 0 atom stereocenters. The van der Waals surface area contributed by atoms with E-state index in [1.807, 2.05) is 6.92 Å². The molecule has 0 aliphatic heterocycles. The number of methoxy groups -OCH3 is 2. The summed E-state index contributed by atoms with van der Waals surface area (Å²) >= 11 is 6.06. The maximum absolute atomic E-state index is 9.80. The van der Waals surface area contributed by atoms with Gasteiger partial charge in [-0.3, -0.25) is 4.98 Å². The fourth-order valence-electron chi connectivity index (χ4n) is 1.91. The summed E-state index contributed by atoms with van der Waals surface area (Å²) in [6, 6.07) is 6.80. The molecule has 1 aromatic carbocycles. The van der Waals surface area contributed by atoms with E-state index in [1.165, 1.54) is 0 Å². The van der Waals surface area contributed by atoms with Crippen LogP contribution in [0.2, 0.25) is 5.02 Å². The Hall–Kier alpha value is -2.14. The molecule has 5 nitrogen and oxygen atoms in total. The molecule has 0 amide bonds. The van der Waals surface area contributed by atoms with Crippen LogP contribution >= 0.6 is 11.6 Å². The average molecular weight is 309 g/mol. The minimum Gasteiger partial charge on any atom is -0.506 e. The molecule has 0 bridgehead atoms. The highest BCUT2D eigenvalue weighted by molar-refractivity contribution is 6.32. The van der Waals surface area contributed by atoms with Crippen molar-refractivity contribution < 1.29 is 14.6 Å². The molecule has 1 heterocycles. The second kappa shape index (κ2) is 6.54. The Labute approximate surface area is 128 Å². The summed E-state index contributed by atoms with van der Waals surface area (Å²) < 4.78 is 10.5. The monoisotopic (exact) mass is 308 g/mol. The van der Waals surface area contributed by atoms with E-state index in [0.29, 0.717) is 34.4 Å². The van der Waals surface area contributed by atoms with Crippen LogP contribution in [0.4, 0.5) is 5.69 Å². The summed E-state index contributed by atoms with van der Waals surface area (Å²) in [5.41, 5.74) is 2.11. The van der Waals surface area contributed by atoms with Crippen LogP contribution in [0.15, 0.2) is 24.3 Å². The van der Waals surface area contributed by atoms with Gasteiger partial charge in [0.25, 0.3) is 0 Å². The molecule has 1 aromatic heterocycles. The number of rotatable bonds is 5. The van der Waals surface area contributed by atoms with Crippen molar-refractivity contribution >= 4 is 17.3 Å². The zero-order valence-electron chi connectivity index (χ0n) is 12.1. The number of aromatic hydroxyl groups is 1. The van der Waals surface area contributed by atoms with Gasteiger partial charge < -0.3 is 19.9 Å². The van der Waals surface area contributed by atoms with Gasteiger partial charge in [-0.05, 0) is 19.1 Å². The Morgan fingerprint density at radius 1 is 1.19 bits per heavy atom. The lowest BCUT2D eigenvalue weighted by Crippen LogP contribution is -2.04. The van der Waals surface area contributed by atoms with E-state index in [2.05, 4.69) is 10.3 Å². The van der Waals surface area contributed by atoms with Crippen molar-refractivity contribution in [1.29, 1.82) is 0 Å². The van der Waals surface area contributed by atoms with Crippen LogP contribution in [-0.4, -0.2) is 24.3 Å². The van der Waals surface area contributed by atoms with Crippen molar-refractivity contribution in [3.63, 3.8) is 0 Å². The molecule has 0 fully saturated rings. The number of ether oxygens (including phenoxy) is 2. The second-order valence-corrected chi connectivity index (χ2v) is 4.87. The second-order valence-electron chi connectivity index (χ2n) is 4.46. The molecular weight excluding hydrogens is 292 g/mol. The molecule has 0 radical (unpaired) electrons. The standard InChI is InChI=1S/C15H17ClN2O3/c1-9-4-5-13(19)12(18-9)8-17-11-7-14(20-2)10(16)6-15(11)21-3/h4-7,17,19H,8H2,1-3H3. The molecule has 6 heteroatoms. The van der Waals surface area contributed by atoms with E-state index in [9.17, 15) is 5.11 Å². The summed E-state index contributed by atoms with van der Waals surface area (Å²) in [4.78, 5) is 4.29. The molecule has 0 spiro atoms. The first-order valence-electron chi connectivity index (χ1n) is 6.36. The molecule has 0 aliphatic rings. The number of hydrogen-bond donors (Lipinski definition) is 2. The molecule has 0 unspecified atom stereocenters. The quantitative estimate of drug-likeness (QED) is 0.886. The van der Waals surface area contributed by atoms with Crippen LogP contribution in [0.3, 0.4) is 0 Å². The molecule has 0 saturated heterocycles. The summed E-state index contributed by atoms with van der Waals surface area (Å²) in [6.45, 7) is 2.23. The number of nitrogens with one attached hydrogen (secondary N) is 1. The summed E-state index contributed by atoms with van der Waals surface area (Å²) in [5.74, 6) is 1.28. The van der Waals surface area contributed by atoms with Crippen molar-refractivity contribution in [1.82, 2.24) is 4.98 Å². The predicted molar refractivity (Wildman–Crippen MR) is 82.5 cm³/mol. The van der Waals surface area contributed by atoms with Crippen molar-refractivity contribution in [2.45, 2.75) is 13.5 Å². The van der Waals surface area contributed by atoms with E-state index >= 15 is 0 Å². The Kier molecular flexibility index (Phi) is 4.75. The van der Waals surface area contributed by atoms with E-state index in [1.54, 1.807) is 38.5 Å². The first-order valence-corrected chi connectivity index (χ1v) is 6.74. The van der Waals surface area contributed by atoms with Crippen LogP contribution < -0.4 is 14.8 Å². The highest BCUT2D eigenvalue weighted by Gasteiger charge is 2.11. The van der Waals surface area contributed by atoms with Crippen LogP contribution in [0, 0.1) is 6.92 Å². The number of anilines is 1. The smallest absolute Gasteiger partial charge is 0.143 e. The van der Waals surface area contributed by atoms with Crippen LogP contribution in [0.5, 0.6) is 17.2 Å². The van der Waals surface area contributed by atoms with Gasteiger partial charge in [0, 0.05) is 17.8 Å². The van der Waals surface area contributed by atoms with Gasteiger partial charge >= 0.3 is 0 Å². The summed E-state index contributed by atoms with van der Waals surface area (Å²) in [6.07, 6.45) is 0. The highest BCUT2D eigenvalue weighted by Crippen LogP contribution is 2.36. The van der Waals surface area contributed by atoms with Crippen LogP contribution in [-0.2, 0) is 6.54 Å². The summed E-state index contributed by atoms with van der Waals surface area (Å²) in [7, 11) is 3.11. The van der Waals surface area contributed by atoms with Crippen LogP contribution in [0.25, 0.3) is 0 Å². The average Bonchev–Trinajstić information content (AvgIpc) is 2.48. The maximum Gasteiger partial charge on any atom is 0.143 e. The van der Waals surface area contributed by atoms with Gasteiger partial charge in [-0.1, -0.05) is 11.6 Å². The highest BCUT2D eigenvalue weighted by atomic mass is 35.5.